The van der Waals surface area contributed by atoms with Crippen LogP contribution in [0.15, 0.2) is 18.2 Å². The quantitative estimate of drug-likeness (QED) is 0.524. The molecule has 1 saturated heterocycles. The van der Waals surface area contributed by atoms with Gasteiger partial charge in [-0.1, -0.05) is 18.9 Å². The number of carbonyl (C=O) groups excluding carboxylic acids is 2. The molecule has 0 unspecified atom stereocenters. The van der Waals surface area contributed by atoms with Crippen molar-refractivity contribution in [3.63, 3.8) is 0 Å². The van der Waals surface area contributed by atoms with Crippen molar-refractivity contribution in [1.82, 2.24) is 4.90 Å². The molecule has 2 aromatic rings. The topological polar surface area (TPSA) is 97.3 Å². The zero-order valence-electron chi connectivity index (χ0n) is 21.7. The van der Waals surface area contributed by atoms with Crippen molar-refractivity contribution in [1.29, 1.82) is 0 Å². The van der Waals surface area contributed by atoms with E-state index in [4.69, 9.17) is 14.2 Å². The first-order chi connectivity index (χ1) is 17.2. The summed E-state index contributed by atoms with van der Waals surface area (Å²) in [5, 5.41) is 15.1. The van der Waals surface area contributed by atoms with Crippen LogP contribution in [0.5, 0.6) is 11.5 Å². The predicted octanol–water partition coefficient (Wildman–Crippen LogP) is 4.48. The minimum Gasteiger partial charge on any atom is -0.497 e. The molecule has 0 radical (unpaired) electrons. The van der Waals surface area contributed by atoms with Gasteiger partial charge in [-0.05, 0) is 44.7 Å². The van der Waals surface area contributed by atoms with E-state index in [1.54, 1.807) is 14.2 Å². The number of hydrogen-bond acceptors (Lipinski definition) is 8. The maximum absolute atomic E-state index is 13.3. The number of ether oxygens (including phenoxy) is 3. The summed E-state index contributed by atoms with van der Waals surface area (Å²) in [6.07, 6.45) is 4.31. The van der Waals surface area contributed by atoms with Gasteiger partial charge in [-0.15, -0.1) is 11.3 Å². The smallest absolute Gasteiger partial charge is 0.341 e. The lowest BCUT2D eigenvalue weighted by molar-refractivity contribution is -0.135. The Bertz CT molecular complexity index is 1130. The summed E-state index contributed by atoms with van der Waals surface area (Å²) in [7, 11) is 4.58. The highest BCUT2D eigenvalue weighted by atomic mass is 32.1. The number of aryl methyl sites for hydroxylation is 1. The summed E-state index contributed by atoms with van der Waals surface area (Å²) in [6.45, 7) is 4.48. The molecule has 1 saturated carbocycles. The van der Waals surface area contributed by atoms with Gasteiger partial charge in [0.05, 0.1) is 39.0 Å². The molecule has 4 rings (SSSR count). The van der Waals surface area contributed by atoms with Gasteiger partial charge in [0.1, 0.15) is 16.5 Å². The van der Waals surface area contributed by atoms with E-state index in [0.29, 0.717) is 35.0 Å². The van der Waals surface area contributed by atoms with Crippen LogP contribution in [0.3, 0.4) is 0 Å². The van der Waals surface area contributed by atoms with Crippen molar-refractivity contribution in [3.8, 4) is 11.5 Å². The number of thiophene rings is 1. The summed E-state index contributed by atoms with van der Waals surface area (Å²) in [5.74, 6) is 0.677. The van der Waals surface area contributed by atoms with Crippen LogP contribution < -0.4 is 14.8 Å². The number of esters is 1. The van der Waals surface area contributed by atoms with Gasteiger partial charge >= 0.3 is 5.97 Å². The summed E-state index contributed by atoms with van der Waals surface area (Å²) in [4.78, 5) is 28.8. The number of carbonyl (C=O) groups is 2. The molecule has 2 heterocycles. The molecular weight excluding hydrogens is 480 g/mol. The highest BCUT2D eigenvalue weighted by molar-refractivity contribution is 7.16. The molecule has 0 spiro atoms. The molecule has 1 amide bonds. The Kier molecular flexibility index (Phi) is 7.92. The second kappa shape index (κ2) is 10.8. The number of piperidine rings is 1. The van der Waals surface area contributed by atoms with Crippen LogP contribution in [-0.2, 0) is 9.53 Å². The van der Waals surface area contributed by atoms with Gasteiger partial charge in [0.25, 0.3) is 0 Å². The Labute approximate surface area is 216 Å². The van der Waals surface area contributed by atoms with Crippen molar-refractivity contribution in [2.45, 2.75) is 57.6 Å². The zero-order chi connectivity index (χ0) is 26.0. The molecule has 9 heteroatoms. The number of anilines is 1. The van der Waals surface area contributed by atoms with Gasteiger partial charge in [0.2, 0.25) is 5.91 Å². The van der Waals surface area contributed by atoms with Gasteiger partial charge in [0, 0.05) is 35.0 Å². The fourth-order valence-electron chi connectivity index (χ4n) is 5.81. The highest BCUT2D eigenvalue weighted by Crippen LogP contribution is 2.51. The highest BCUT2D eigenvalue weighted by Gasteiger charge is 2.50. The van der Waals surface area contributed by atoms with Gasteiger partial charge in [-0.25, -0.2) is 4.79 Å². The van der Waals surface area contributed by atoms with E-state index in [2.05, 4.69) is 10.2 Å². The van der Waals surface area contributed by atoms with Crippen LogP contribution >= 0.6 is 11.3 Å². The Balaban J connectivity index is 1.65. The Hall–Kier alpha value is -2.62. The van der Waals surface area contributed by atoms with Crippen molar-refractivity contribution >= 4 is 28.2 Å². The molecule has 1 aromatic carbocycles. The van der Waals surface area contributed by atoms with Gasteiger partial charge in [-0.2, -0.15) is 0 Å². The Morgan fingerprint density at radius 3 is 2.64 bits per heavy atom. The monoisotopic (exact) mass is 516 g/mol. The SMILES string of the molecule is COC(=O)c1c(NC(=O)CN2CC[C@@]3(O)CCCC[C@@H]3[C@@H]2c2ccc(OC)cc2OC)sc(C)c1C. The normalized spacial score (nSPS) is 24.1. The number of benzene rings is 1. The van der Waals surface area contributed by atoms with E-state index >= 15 is 0 Å². The lowest BCUT2D eigenvalue weighted by Crippen LogP contribution is -2.56. The Morgan fingerprint density at radius 2 is 1.94 bits per heavy atom. The molecule has 2 fully saturated rings. The lowest BCUT2D eigenvalue weighted by atomic mass is 9.66. The fraction of sp³-hybridized carbons (Fsp3) is 0.556. The first-order valence-corrected chi connectivity index (χ1v) is 13.2. The van der Waals surface area contributed by atoms with Crippen LogP contribution in [0.25, 0.3) is 0 Å². The molecule has 2 N–H and O–H groups in total. The van der Waals surface area contributed by atoms with E-state index in [-0.39, 0.29) is 24.4 Å². The molecule has 0 bridgehead atoms. The summed E-state index contributed by atoms with van der Waals surface area (Å²) in [5.41, 5.74) is 1.39. The van der Waals surface area contributed by atoms with Crippen LogP contribution in [0.1, 0.15) is 64.5 Å². The van der Waals surface area contributed by atoms with Crippen molar-refractivity contribution in [3.05, 3.63) is 39.8 Å². The summed E-state index contributed by atoms with van der Waals surface area (Å²) >= 11 is 1.37. The number of methoxy groups -OCH3 is 3. The van der Waals surface area contributed by atoms with Crippen molar-refractivity contribution < 1.29 is 28.9 Å². The molecule has 1 aromatic heterocycles. The summed E-state index contributed by atoms with van der Waals surface area (Å²) < 4.78 is 16.1. The standard InChI is InChI=1S/C27H36N2O6S/c1-16-17(2)36-25(23(16)26(31)35-5)28-22(30)15-29-13-12-27(32)11-7-6-8-20(27)24(29)19-10-9-18(33-3)14-21(19)34-4/h9-10,14,20,24,32H,6-8,11-13,15H2,1-5H3,(H,28,30)/t20-,24+,27+/m1/s1. The van der Waals surface area contributed by atoms with E-state index in [9.17, 15) is 14.7 Å². The van der Waals surface area contributed by atoms with Gasteiger partial charge < -0.3 is 24.6 Å². The number of hydrogen-bond donors (Lipinski definition) is 2. The second-order valence-electron chi connectivity index (χ2n) is 9.76. The molecule has 1 aliphatic carbocycles. The number of nitrogens with zero attached hydrogens (tertiary/aromatic N) is 1. The zero-order valence-corrected chi connectivity index (χ0v) is 22.5. The van der Waals surface area contributed by atoms with Crippen LogP contribution in [0, 0.1) is 19.8 Å². The Morgan fingerprint density at radius 1 is 1.17 bits per heavy atom. The minimum absolute atomic E-state index is 0.0213. The molecular formula is C27H36N2O6S. The number of amides is 1. The minimum atomic E-state index is -0.763. The third kappa shape index (κ3) is 4.96. The lowest BCUT2D eigenvalue weighted by Gasteiger charge is -2.52. The van der Waals surface area contributed by atoms with E-state index < -0.39 is 11.6 Å². The van der Waals surface area contributed by atoms with Crippen LogP contribution in [0.2, 0.25) is 0 Å². The molecule has 1 aliphatic heterocycles. The molecule has 196 valence electrons. The first-order valence-electron chi connectivity index (χ1n) is 12.4. The first kappa shape index (κ1) is 26.4. The van der Waals surface area contributed by atoms with Crippen LogP contribution in [0.4, 0.5) is 5.00 Å². The fourth-order valence-corrected chi connectivity index (χ4v) is 6.87. The maximum atomic E-state index is 13.3. The third-order valence-corrected chi connectivity index (χ3v) is 8.93. The average molecular weight is 517 g/mol. The number of aliphatic hydroxyl groups is 1. The van der Waals surface area contributed by atoms with E-state index in [1.807, 2.05) is 32.0 Å². The van der Waals surface area contributed by atoms with E-state index in [1.165, 1.54) is 18.4 Å². The van der Waals surface area contributed by atoms with Crippen molar-refractivity contribution in [2.75, 3.05) is 39.7 Å². The molecule has 3 atom stereocenters. The molecule has 36 heavy (non-hydrogen) atoms. The molecule has 8 nitrogen and oxygen atoms in total. The number of likely N-dealkylation sites (tertiary alicyclic amines) is 1. The van der Waals surface area contributed by atoms with Crippen molar-refractivity contribution in [2.24, 2.45) is 5.92 Å². The number of nitrogens with one attached hydrogen (secondary N) is 1. The average Bonchev–Trinajstić information content (AvgIpc) is 3.15. The van der Waals surface area contributed by atoms with E-state index in [0.717, 1.165) is 41.7 Å². The third-order valence-electron chi connectivity index (χ3n) is 7.81. The predicted molar refractivity (Wildman–Crippen MR) is 139 cm³/mol. The number of fused-ring (bicyclic) bond motifs is 1. The summed E-state index contributed by atoms with van der Waals surface area (Å²) in [6, 6.07) is 5.54. The van der Waals surface area contributed by atoms with Gasteiger partial charge in [-0.3, -0.25) is 9.69 Å². The van der Waals surface area contributed by atoms with Crippen LogP contribution in [-0.4, -0.2) is 61.9 Å². The largest absolute Gasteiger partial charge is 0.497 e. The molecule has 2 aliphatic rings. The number of rotatable bonds is 7. The second-order valence-corrected chi connectivity index (χ2v) is 11.0. The van der Waals surface area contributed by atoms with Gasteiger partial charge in [0.15, 0.2) is 0 Å². The maximum Gasteiger partial charge on any atom is 0.341 e.